The van der Waals surface area contributed by atoms with Crippen LogP contribution in [-0.2, 0) is 26.4 Å². The Morgan fingerprint density at radius 2 is 1.86 bits per heavy atom. The van der Waals surface area contributed by atoms with Crippen LogP contribution in [0.1, 0.15) is 33.3 Å². The third-order valence-corrected chi connectivity index (χ3v) is 5.30. The summed E-state index contributed by atoms with van der Waals surface area (Å²) in [4.78, 5) is 11.4. The molecule has 0 bridgehead atoms. The Labute approximate surface area is 163 Å². The van der Waals surface area contributed by atoms with Crippen LogP contribution >= 0.6 is 0 Å². The van der Waals surface area contributed by atoms with Crippen LogP contribution in [0.25, 0.3) is 0 Å². The number of esters is 1. The summed E-state index contributed by atoms with van der Waals surface area (Å²) in [6.45, 7) is 5.44. The topological polar surface area (TPSA) is 61.4 Å². The summed E-state index contributed by atoms with van der Waals surface area (Å²) in [6.07, 6.45) is -3.71. The number of ether oxygens (including phenoxy) is 1. The van der Waals surface area contributed by atoms with E-state index in [0.29, 0.717) is 0 Å². The minimum absolute atomic E-state index is 0.101. The molecule has 1 rings (SSSR count). The standard InChI is InChI=1S/C18H22F5NO3S/c1-5-27-14(25)10-11-17(22,23)18(15(20)21,24-28(26)16(2,3)4)12-8-6-7-9-13(12)19/h6-11,15,24H,5H2,1-4H3/t18-,28?/m0/s1. The van der Waals surface area contributed by atoms with Crippen molar-refractivity contribution in [3.05, 3.63) is 47.8 Å². The fourth-order valence-electron chi connectivity index (χ4n) is 2.18. The van der Waals surface area contributed by atoms with Gasteiger partial charge in [-0.15, -0.1) is 4.72 Å². The van der Waals surface area contributed by atoms with Gasteiger partial charge < -0.3 is 9.29 Å². The van der Waals surface area contributed by atoms with E-state index in [1.54, 1.807) is 4.72 Å². The average Bonchev–Trinajstić information content (AvgIpc) is 2.57. The van der Waals surface area contributed by atoms with E-state index in [2.05, 4.69) is 4.74 Å². The van der Waals surface area contributed by atoms with Crippen LogP contribution in [-0.4, -0.2) is 34.2 Å². The minimum Gasteiger partial charge on any atom is -0.598 e. The lowest BCUT2D eigenvalue weighted by atomic mass is 9.84. The first-order valence-corrected chi connectivity index (χ1v) is 9.41. The van der Waals surface area contributed by atoms with Crippen molar-refractivity contribution in [2.45, 2.75) is 50.3 Å². The van der Waals surface area contributed by atoms with Gasteiger partial charge in [-0.2, -0.15) is 8.78 Å². The molecule has 1 N–H and O–H groups in total. The van der Waals surface area contributed by atoms with Crippen molar-refractivity contribution in [3.8, 4) is 0 Å². The van der Waals surface area contributed by atoms with E-state index in [0.717, 1.165) is 24.3 Å². The van der Waals surface area contributed by atoms with Crippen molar-refractivity contribution in [3.63, 3.8) is 0 Å². The van der Waals surface area contributed by atoms with Gasteiger partial charge in [-0.25, -0.2) is 18.0 Å². The molecule has 1 aromatic rings. The van der Waals surface area contributed by atoms with E-state index < -0.39 is 51.3 Å². The molecule has 0 aliphatic carbocycles. The molecule has 0 spiro atoms. The molecule has 0 heterocycles. The summed E-state index contributed by atoms with van der Waals surface area (Å²) < 4.78 is 90.2. The number of rotatable bonds is 8. The summed E-state index contributed by atoms with van der Waals surface area (Å²) in [7, 11) is 0. The molecular weight excluding hydrogens is 405 g/mol. The van der Waals surface area contributed by atoms with Crippen LogP contribution in [0.4, 0.5) is 22.0 Å². The summed E-state index contributed by atoms with van der Waals surface area (Å²) in [5.41, 5.74) is -4.78. The summed E-state index contributed by atoms with van der Waals surface area (Å²) in [6, 6.07) is 3.73. The van der Waals surface area contributed by atoms with Gasteiger partial charge >= 0.3 is 5.97 Å². The molecule has 0 fully saturated rings. The van der Waals surface area contributed by atoms with Crippen molar-refractivity contribution < 1.29 is 36.0 Å². The van der Waals surface area contributed by atoms with Gasteiger partial charge in [0.1, 0.15) is 10.6 Å². The Hall–Kier alpha value is -1.65. The molecule has 158 valence electrons. The zero-order chi connectivity index (χ0) is 21.8. The van der Waals surface area contributed by atoms with E-state index in [1.807, 2.05) is 0 Å². The van der Waals surface area contributed by atoms with E-state index in [-0.39, 0.29) is 18.8 Å². The van der Waals surface area contributed by atoms with Crippen LogP contribution in [0.5, 0.6) is 0 Å². The third-order valence-electron chi connectivity index (χ3n) is 3.68. The number of nitrogens with one attached hydrogen (secondary N) is 1. The van der Waals surface area contributed by atoms with Crippen LogP contribution in [0, 0.1) is 5.82 Å². The Morgan fingerprint density at radius 3 is 2.32 bits per heavy atom. The predicted molar refractivity (Wildman–Crippen MR) is 95.8 cm³/mol. The van der Waals surface area contributed by atoms with Gasteiger partial charge in [0.2, 0.25) is 5.54 Å². The molecule has 28 heavy (non-hydrogen) atoms. The lowest BCUT2D eigenvalue weighted by Crippen LogP contribution is -2.64. The molecule has 4 nitrogen and oxygen atoms in total. The van der Waals surface area contributed by atoms with Crippen LogP contribution < -0.4 is 4.72 Å². The molecule has 0 amide bonds. The molecule has 1 aromatic carbocycles. The van der Waals surface area contributed by atoms with Crippen LogP contribution in [0.15, 0.2) is 36.4 Å². The van der Waals surface area contributed by atoms with E-state index >= 15 is 8.78 Å². The second kappa shape index (κ2) is 9.23. The summed E-state index contributed by atoms with van der Waals surface area (Å²) in [5.74, 6) is -7.04. The maximum absolute atomic E-state index is 15.1. The second-order valence-corrected chi connectivity index (χ2v) is 8.75. The minimum atomic E-state index is -4.52. The number of carbonyl (C=O) groups is 1. The predicted octanol–water partition coefficient (Wildman–Crippen LogP) is 4.09. The largest absolute Gasteiger partial charge is 0.598 e. The van der Waals surface area contributed by atoms with Crippen molar-refractivity contribution in [1.29, 1.82) is 0 Å². The number of hydrogen-bond donors (Lipinski definition) is 1. The zero-order valence-electron chi connectivity index (χ0n) is 15.8. The lowest BCUT2D eigenvalue weighted by molar-refractivity contribution is -0.138. The van der Waals surface area contributed by atoms with E-state index in [1.165, 1.54) is 27.7 Å². The molecule has 2 atom stereocenters. The fourth-order valence-corrected chi connectivity index (χ4v) is 3.12. The van der Waals surface area contributed by atoms with Gasteiger partial charge in [-0.1, -0.05) is 18.2 Å². The Balaban J connectivity index is 3.65. The fraction of sp³-hybridized carbons (Fsp3) is 0.500. The molecule has 0 aromatic heterocycles. The maximum Gasteiger partial charge on any atom is 0.330 e. The first-order valence-electron chi connectivity index (χ1n) is 8.26. The van der Waals surface area contributed by atoms with Crippen LogP contribution in [0.2, 0.25) is 0 Å². The molecule has 0 radical (unpaired) electrons. The molecule has 0 saturated carbocycles. The van der Waals surface area contributed by atoms with Gasteiger partial charge in [-0.3, -0.25) is 0 Å². The third kappa shape index (κ3) is 5.24. The second-order valence-electron chi connectivity index (χ2n) is 6.78. The molecule has 0 saturated heterocycles. The molecule has 10 heteroatoms. The summed E-state index contributed by atoms with van der Waals surface area (Å²) >= 11 is -2.43. The monoisotopic (exact) mass is 427 g/mol. The average molecular weight is 427 g/mol. The highest BCUT2D eigenvalue weighted by atomic mass is 32.2. The zero-order valence-corrected chi connectivity index (χ0v) is 16.6. The normalized spacial score (nSPS) is 16.2. The van der Waals surface area contributed by atoms with Gasteiger partial charge in [0.25, 0.3) is 12.3 Å². The van der Waals surface area contributed by atoms with Gasteiger partial charge in [0, 0.05) is 23.0 Å². The maximum atomic E-state index is 15.1. The Bertz CT molecular complexity index is 709. The van der Waals surface area contributed by atoms with E-state index in [4.69, 9.17) is 0 Å². The number of benzene rings is 1. The van der Waals surface area contributed by atoms with Gasteiger partial charge in [0.15, 0.2) is 0 Å². The smallest absolute Gasteiger partial charge is 0.330 e. The Morgan fingerprint density at radius 1 is 1.29 bits per heavy atom. The highest BCUT2D eigenvalue weighted by molar-refractivity contribution is 7.90. The number of halogens is 5. The van der Waals surface area contributed by atoms with Gasteiger partial charge in [0.05, 0.1) is 6.61 Å². The first-order chi connectivity index (χ1) is 12.8. The number of carbonyl (C=O) groups excluding carboxylic acids is 1. The highest BCUT2D eigenvalue weighted by Gasteiger charge is 2.64. The quantitative estimate of drug-likeness (QED) is 0.294. The highest BCUT2D eigenvalue weighted by Crippen LogP contribution is 2.45. The van der Waals surface area contributed by atoms with Crippen molar-refractivity contribution in [1.82, 2.24) is 4.72 Å². The van der Waals surface area contributed by atoms with Crippen LogP contribution in [0.3, 0.4) is 0 Å². The number of hydrogen-bond acceptors (Lipinski definition) is 4. The van der Waals surface area contributed by atoms with E-state index in [9.17, 15) is 22.5 Å². The molecule has 1 unspecified atom stereocenters. The van der Waals surface area contributed by atoms with Crippen molar-refractivity contribution >= 4 is 17.3 Å². The molecule has 0 aliphatic heterocycles. The summed E-state index contributed by atoms with van der Waals surface area (Å²) in [5, 5.41) is 0. The SMILES string of the molecule is CCOC(=O)C=CC(F)(F)[C@](N[S+]([O-])C(C)(C)C)(c1ccccc1F)C(F)F. The van der Waals surface area contributed by atoms with Crippen molar-refractivity contribution in [2.75, 3.05) is 6.61 Å². The molecular formula is C18H22F5NO3S. The molecule has 0 aliphatic rings. The lowest BCUT2D eigenvalue weighted by Gasteiger charge is -2.40. The van der Waals surface area contributed by atoms with Crippen molar-refractivity contribution in [2.24, 2.45) is 0 Å². The number of alkyl halides is 4. The Kier molecular flexibility index (Phi) is 8.04. The first kappa shape index (κ1) is 24.4. The van der Waals surface area contributed by atoms with Gasteiger partial charge in [-0.05, 0) is 39.8 Å².